The number of nitrogens with two attached hydrogens (primary N) is 1. The number of likely N-dealkylation sites (N-methyl/N-ethyl adjacent to an activating group) is 1. The van der Waals surface area contributed by atoms with Gasteiger partial charge in [-0.2, -0.15) is 5.26 Å². The van der Waals surface area contributed by atoms with Crippen LogP contribution in [0.15, 0.2) is 45.6 Å². The van der Waals surface area contributed by atoms with Gasteiger partial charge >= 0.3 is 5.76 Å². The lowest BCUT2D eigenvalue weighted by molar-refractivity contribution is -0.129. The van der Waals surface area contributed by atoms with Gasteiger partial charge in [-0.1, -0.05) is 18.2 Å². The number of primary amides is 1. The summed E-state index contributed by atoms with van der Waals surface area (Å²) in [5, 5.41) is 12.9. The Morgan fingerprint density at radius 3 is 2.71 bits per heavy atom. The van der Waals surface area contributed by atoms with Crippen molar-refractivity contribution in [2.24, 2.45) is 12.8 Å². The molecule has 0 saturated carbocycles. The number of hydrogen-bond donors (Lipinski definition) is 2. The number of carbonyl (C=O) groups excluding carboxylic acids is 1. The highest BCUT2D eigenvalue weighted by molar-refractivity contribution is 5.81. The molecule has 3 atom stereocenters. The van der Waals surface area contributed by atoms with Gasteiger partial charge in [0.15, 0.2) is 5.58 Å². The molecule has 1 saturated heterocycles. The molecule has 4 rings (SSSR count). The maximum Gasteiger partial charge on any atom is 0.419 e. The molecule has 34 heavy (non-hydrogen) atoms. The molecule has 1 fully saturated rings. The summed E-state index contributed by atoms with van der Waals surface area (Å²) >= 11 is 0. The average Bonchev–Trinajstić information content (AvgIpc) is 2.99. The number of aryl methyl sites for hydroxylation is 1. The van der Waals surface area contributed by atoms with E-state index in [0.29, 0.717) is 28.8 Å². The van der Waals surface area contributed by atoms with E-state index in [9.17, 15) is 14.9 Å². The minimum absolute atomic E-state index is 0.0961. The van der Waals surface area contributed by atoms with Crippen molar-refractivity contribution in [2.75, 3.05) is 26.7 Å². The second-order valence-corrected chi connectivity index (χ2v) is 8.43. The fraction of sp³-hybridized carbons (Fsp3) is 0.375. The molecule has 2 heterocycles. The van der Waals surface area contributed by atoms with E-state index in [2.05, 4.69) is 11.4 Å². The maximum absolute atomic E-state index is 15.1. The minimum Gasteiger partial charge on any atom is -0.408 e. The molecule has 1 amide bonds. The summed E-state index contributed by atoms with van der Waals surface area (Å²) < 4.78 is 27.2. The molecule has 1 aromatic heterocycles. The highest BCUT2D eigenvalue weighted by Gasteiger charge is 2.31. The molecule has 2 unspecified atom stereocenters. The fourth-order valence-corrected chi connectivity index (χ4v) is 4.17. The number of nitrogens with zero attached hydrogens (tertiary/aromatic N) is 3. The van der Waals surface area contributed by atoms with Crippen molar-refractivity contribution in [1.29, 1.82) is 5.26 Å². The summed E-state index contributed by atoms with van der Waals surface area (Å²) in [4.78, 5) is 25.3. The van der Waals surface area contributed by atoms with Gasteiger partial charge in [0.25, 0.3) is 0 Å². The Balaban J connectivity index is 1.57. The van der Waals surface area contributed by atoms with Crippen LogP contribution in [0.3, 0.4) is 0 Å². The third kappa shape index (κ3) is 4.72. The van der Waals surface area contributed by atoms with Crippen LogP contribution in [0.5, 0.6) is 0 Å². The smallest absolute Gasteiger partial charge is 0.408 e. The number of oxazole rings is 1. The molecule has 2 aromatic carbocycles. The van der Waals surface area contributed by atoms with Crippen molar-refractivity contribution in [1.82, 2.24) is 14.8 Å². The van der Waals surface area contributed by atoms with Crippen LogP contribution < -0.4 is 16.8 Å². The van der Waals surface area contributed by atoms with Crippen LogP contribution in [0.25, 0.3) is 22.2 Å². The van der Waals surface area contributed by atoms with Crippen LogP contribution >= 0.6 is 0 Å². The van der Waals surface area contributed by atoms with Gasteiger partial charge in [-0.05, 0) is 41.9 Å². The zero-order chi connectivity index (χ0) is 24.4. The molecule has 9 nitrogen and oxygen atoms in total. The molecule has 0 spiro atoms. The van der Waals surface area contributed by atoms with Gasteiger partial charge in [0, 0.05) is 32.6 Å². The number of halogens is 1. The summed E-state index contributed by atoms with van der Waals surface area (Å²) in [5.41, 5.74) is 8.27. The predicted molar refractivity (Wildman–Crippen MR) is 123 cm³/mol. The number of nitriles is 1. The van der Waals surface area contributed by atoms with E-state index in [0.717, 1.165) is 5.56 Å². The third-order valence-corrected chi connectivity index (χ3v) is 6.26. The van der Waals surface area contributed by atoms with Crippen molar-refractivity contribution in [3.05, 3.63) is 58.3 Å². The first-order valence-corrected chi connectivity index (χ1v) is 10.9. The topological polar surface area (TPSA) is 127 Å². The van der Waals surface area contributed by atoms with Crippen LogP contribution in [-0.4, -0.2) is 60.3 Å². The number of carbonyl (C=O) groups is 1. The number of nitrogens with one attached hydrogen (secondary N) is 1. The molecule has 0 aliphatic carbocycles. The minimum atomic E-state index is -0.838. The highest BCUT2D eigenvalue weighted by atomic mass is 19.1. The SMILES string of the molecule is CNC1COC(C(N)=O)CN([C@H](C#N)Cc2ccc(-c3ccc4oc(=O)n(C)c4c3)cc2F)C1. The van der Waals surface area contributed by atoms with E-state index in [1.165, 1.54) is 10.6 Å². The van der Waals surface area contributed by atoms with Crippen molar-refractivity contribution in [3.8, 4) is 17.2 Å². The van der Waals surface area contributed by atoms with E-state index in [4.69, 9.17) is 14.9 Å². The fourth-order valence-electron chi connectivity index (χ4n) is 4.17. The van der Waals surface area contributed by atoms with Gasteiger partial charge in [-0.3, -0.25) is 14.3 Å². The number of aromatic nitrogens is 1. The van der Waals surface area contributed by atoms with Gasteiger partial charge < -0.3 is 20.2 Å². The van der Waals surface area contributed by atoms with Crippen LogP contribution in [0.4, 0.5) is 4.39 Å². The van der Waals surface area contributed by atoms with Crippen molar-refractivity contribution in [2.45, 2.75) is 24.6 Å². The first-order valence-electron chi connectivity index (χ1n) is 10.9. The summed E-state index contributed by atoms with van der Waals surface area (Å²) in [6.07, 6.45) is -0.699. The quantitative estimate of drug-likeness (QED) is 0.557. The van der Waals surface area contributed by atoms with Crippen LogP contribution in [0.2, 0.25) is 0 Å². The second-order valence-electron chi connectivity index (χ2n) is 8.43. The van der Waals surface area contributed by atoms with E-state index in [1.807, 2.05) is 4.90 Å². The first-order chi connectivity index (χ1) is 16.3. The maximum atomic E-state index is 15.1. The van der Waals surface area contributed by atoms with Crippen molar-refractivity contribution < 1.29 is 18.3 Å². The van der Waals surface area contributed by atoms with Crippen LogP contribution in [0, 0.1) is 17.1 Å². The molecular weight excluding hydrogens is 441 g/mol. The lowest BCUT2D eigenvalue weighted by atomic mass is 9.99. The Bertz CT molecular complexity index is 1310. The zero-order valence-corrected chi connectivity index (χ0v) is 19.0. The molecule has 10 heteroatoms. The second kappa shape index (κ2) is 9.77. The van der Waals surface area contributed by atoms with E-state index in [1.54, 1.807) is 44.4 Å². The van der Waals surface area contributed by atoms with Gasteiger partial charge in [-0.15, -0.1) is 0 Å². The number of amides is 1. The summed E-state index contributed by atoms with van der Waals surface area (Å²) in [5.74, 6) is -1.50. The number of ether oxygens (including phenoxy) is 1. The molecule has 1 aliphatic rings. The predicted octanol–water partition coefficient (Wildman–Crippen LogP) is 1.15. The standard InChI is InChI=1S/C24H26FN5O4/c1-28-17-11-30(12-22(23(27)31)33-13-17)18(10-26)7-16-4-3-14(8-19(16)25)15-5-6-21-20(9-15)29(2)24(32)34-21/h3-6,8-9,17-18,22,28H,7,11-13H2,1-2H3,(H2,27,31)/t17?,18-,22?/m0/s1. The lowest BCUT2D eigenvalue weighted by Gasteiger charge is -2.28. The number of fused-ring (bicyclic) bond motifs is 1. The van der Waals surface area contributed by atoms with Gasteiger partial charge in [-0.25, -0.2) is 9.18 Å². The molecule has 0 bridgehead atoms. The van der Waals surface area contributed by atoms with E-state index >= 15 is 4.39 Å². The van der Waals surface area contributed by atoms with Crippen LogP contribution in [-0.2, 0) is 23.0 Å². The largest absolute Gasteiger partial charge is 0.419 e. The monoisotopic (exact) mass is 467 g/mol. The van der Waals surface area contributed by atoms with Gasteiger partial charge in [0.05, 0.1) is 18.2 Å². The highest BCUT2D eigenvalue weighted by Crippen LogP contribution is 2.26. The summed E-state index contributed by atoms with van der Waals surface area (Å²) in [7, 11) is 3.38. The third-order valence-electron chi connectivity index (χ3n) is 6.26. The Hall–Kier alpha value is -3.52. The Morgan fingerprint density at radius 2 is 2.03 bits per heavy atom. The molecule has 3 N–H and O–H groups in total. The Kier molecular flexibility index (Phi) is 6.79. The average molecular weight is 468 g/mol. The zero-order valence-electron chi connectivity index (χ0n) is 19.0. The molecule has 0 radical (unpaired) electrons. The Morgan fingerprint density at radius 1 is 1.29 bits per heavy atom. The Labute approximate surface area is 195 Å². The molecule has 1 aliphatic heterocycles. The van der Waals surface area contributed by atoms with E-state index in [-0.39, 0.29) is 25.6 Å². The van der Waals surface area contributed by atoms with Crippen LogP contribution in [0.1, 0.15) is 5.56 Å². The summed E-state index contributed by atoms with van der Waals surface area (Å²) in [6, 6.07) is 11.5. The van der Waals surface area contributed by atoms with Crippen molar-refractivity contribution in [3.63, 3.8) is 0 Å². The van der Waals surface area contributed by atoms with Gasteiger partial charge in [0.2, 0.25) is 5.91 Å². The van der Waals surface area contributed by atoms with Crippen molar-refractivity contribution >= 4 is 17.0 Å². The van der Waals surface area contributed by atoms with Gasteiger partial charge in [0.1, 0.15) is 18.0 Å². The molecule has 3 aromatic rings. The molecule has 178 valence electrons. The first kappa shape index (κ1) is 23.6. The van der Waals surface area contributed by atoms with E-state index < -0.39 is 29.6 Å². The summed E-state index contributed by atoms with van der Waals surface area (Å²) in [6.45, 7) is 0.908. The lowest BCUT2D eigenvalue weighted by Crippen LogP contribution is -2.47. The normalized spacial score (nSPS) is 20.1. The molecular formula is C24H26FN5O4. The number of rotatable bonds is 6. The number of hydrogen-bond acceptors (Lipinski definition) is 7. The number of benzene rings is 2.